The monoisotopic (exact) mass is 491 g/mol. The first kappa shape index (κ1) is 29.3. The molecule has 0 saturated carbocycles. The zero-order chi connectivity index (χ0) is 22.6. The lowest BCUT2D eigenvalue weighted by atomic mass is 10.2. The number of aromatic nitrogens is 2. The van der Waals surface area contributed by atoms with Crippen molar-refractivity contribution in [2.75, 3.05) is 50.0 Å². The summed E-state index contributed by atoms with van der Waals surface area (Å²) < 4.78 is 5.42. The van der Waals surface area contributed by atoms with Gasteiger partial charge in [-0.05, 0) is 43.1 Å². The van der Waals surface area contributed by atoms with Crippen LogP contribution in [0, 0.1) is 0 Å². The van der Waals surface area contributed by atoms with E-state index in [1.54, 1.807) is 23.9 Å². The maximum atomic E-state index is 8.92. The van der Waals surface area contributed by atoms with Gasteiger partial charge >= 0.3 is 0 Å². The van der Waals surface area contributed by atoms with Gasteiger partial charge in [-0.15, -0.1) is 0 Å². The molecule has 2 heterocycles. The average Bonchev–Trinajstić information content (AvgIpc) is 2.86. The number of nitrogens with one attached hydrogen (secondary N) is 2. The second kappa shape index (κ2) is 16.0. The minimum Gasteiger partial charge on any atom is -0.412 e. The van der Waals surface area contributed by atoms with Crippen LogP contribution in [-0.2, 0) is 17.0 Å². The van der Waals surface area contributed by atoms with Crippen molar-refractivity contribution in [2.45, 2.75) is 12.3 Å². The van der Waals surface area contributed by atoms with Gasteiger partial charge in [0.15, 0.2) is 5.82 Å². The van der Waals surface area contributed by atoms with Crippen LogP contribution in [0.25, 0.3) is 11.4 Å². The van der Waals surface area contributed by atoms with E-state index in [4.69, 9.17) is 14.9 Å². The predicted molar refractivity (Wildman–Crippen MR) is 142 cm³/mol. The fourth-order valence-corrected chi connectivity index (χ4v) is 3.73. The highest BCUT2D eigenvalue weighted by atomic mass is 32.2. The maximum absolute atomic E-state index is 8.92. The smallest absolute Gasteiger partial charge is 0.161 e. The molecule has 1 fully saturated rings. The summed E-state index contributed by atoms with van der Waals surface area (Å²) in [7, 11) is 1.95. The van der Waals surface area contributed by atoms with Crippen molar-refractivity contribution in [3.8, 4) is 11.4 Å². The highest BCUT2D eigenvalue weighted by molar-refractivity contribution is 7.97. The lowest BCUT2D eigenvalue weighted by Crippen LogP contribution is -2.37. The predicted octanol–water partition coefficient (Wildman–Crippen LogP) is 2.65. The quantitative estimate of drug-likeness (QED) is 0.428. The van der Waals surface area contributed by atoms with Gasteiger partial charge in [0, 0.05) is 38.4 Å². The Morgan fingerprint density at radius 2 is 1.71 bits per heavy atom. The molecule has 3 aromatic rings. The van der Waals surface area contributed by atoms with Crippen LogP contribution in [0.1, 0.15) is 12.7 Å². The van der Waals surface area contributed by atoms with Gasteiger partial charge in [0.05, 0.1) is 24.6 Å². The molecule has 0 bridgehead atoms. The first-order chi connectivity index (χ1) is 15.7. The van der Waals surface area contributed by atoms with Gasteiger partial charge in [-0.3, -0.25) is 10.7 Å². The number of nitrogens with zero attached hydrogens (tertiary/aromatic N) is 3. The number of hydrogen-bond donors (Lipinski definition) is 3. The molecular formula is C24H37N5O4S. The van der Waals surface area contributed by atoms with Gasteiger partial charge in [0.2, 0.25) is 0 Å². The molecule has 10 heteroatoms. The van der Waals surface area contributed by atoms with E-state index in [2.05, 4.69) is 45.1 Å². The Morgan fingerprint density at radius 3 is 2.29 bits per heavy atom. The Hall–Kier alpha value is -2.73. The zero-order valence-corrected chi connectivity index (χ0v) is 20.4. The molecule has 9 nitrogen and oxygen atoms in total. The first-order valence-corrected chi connectivity index (χ1v) is 12.0. The Labute approximate surface area is 206 Å². The second-order valence-corrected chi connectivity index (χ2v) is 8.14. The Balaban J connectivity index is 0.000000826. The fourth-order valence-electron chi connectivity index (χ4n) is 3.28. The standard InChI is InChI=1S/C16H20N4O2S.C8H11N.2H2O.H2/c1-23-11-14-10-15(20-6-8-22-9-7-20)18-16(17-14)12-2-4-13(19-21)5-3-12;1-9-7-8-5-3-2-4-6-8;;;/h2-5,10,19,21H,6-9,11H2,1H3;2-6,9H,7H2,1H3;2*1H2;1H. The van der Waals surface area contributed by atoms with Crippen molar-refractivity contribution in [1.29, 1.82) is 0 Å². The van der Waals surface area contributed by atoms with Gasteiger partial charge in [-0.1, -0.05) is 30.3 Å². The summed E-state index contributed by atoms with van der Waals surface area (Å²) in [6.07, 6.45) is 2.07. The average molecular weight is 492 g/mol. The Bertz CT molecular complexity index is 948. The van der Waals surface area contributed by atoms with Gasteiger partial charge in [-0.2, -0.15) is 11.8 Å². The summed E-state index contributed by atoms with van der Waals surface area (Å²) in [6, 6.07) is 19.8. The molecule has 1 aromatic heterocycles. The van der Waals surface area contributed by atoms with Crippen molar-refractivity contribution < 1.29 is 22.3 Å². The molecule has 1 aliphatic rings. The van der Waals surface area contributed by atoms with Crippen LogP contribution in [-0.4, -0.2) is 65.7 Å². The number of rotatable bonds is 7. The van der Waals surface area contributed by atoms with Crippen LogP contribution in [0.2, 0.25) is 0 Å². The molecule has 1 aliphatic heterocycles. The van der Waals surface area contributed by atoms with E-state index >= 15 is 0 Å². The molecule has 0 spiro atoms. The van der Waals surface area contributed by atoms with Gasteiger partial charge in [0.25, 0.3) is 0 Å². The zero-order valence-electron chi connectivity index (χ0n) is 19.6. The van der Waals surface area contributed by atoms with Gasteiger partial charge < -0.3 is 25.9 Å². The fraction of sp³-hybridized carbons (Fsp3) is 0.333. The largest absolute Gasteiger partial charge is 0.412 e. The number of benzene rings is 2. The molecule has 0 radical (unpaired) electrons. The summed E-state index contributed by atoms with van der Waals surface area (Å²) in [5.74, 6) is 2.51. The number of hydrogen-bond acceptors (Lipinski definition) is 8. The van der Waals surface area contributed by atoms with E-state index in [-0.39, 0.29) is 12.4 Å². The second-order valence-electron chi connectivity index (χ2n) is 7.28. The van der Waals surface area contributed by atoms with E-state index in [9.17, 15) is 0 Å². The van der Waals surface area contributed by atoms with Crippen LogP contribution in [0.4, 0.5) is 11.5 Å². The number of thioether (sulfide) groups is 1. The number of ether oxygens (including phenoxy) is 1. The van der Waals surface area contributed by atoms with Crippen LogP contribution < -0.4 is 15.7 Å². The van der Waals surface area contributed by atoms with E-state index < -0.39 is 0 Å². The maximum Gasteiger partial charge on any atom is 0.161 e. The van der Waals surface area contributed by atoms with Crippen molar-refractivity contribution in [3.05, 3.63) is 71.9 Å². The number of anilines is 2. The third-order valence-corrected chi connectivity index (χ3v) is 5.47. The van der Waals surface area contributed by atoms with Crippen molar-refractivity contribution >= 4 is 23.3 Å². The summed E-state index contributed by atoms with van der Waals surface area (Å²) in [4.78, 5) is 11.6. The van der Waals surface area contributed by atoms with E-state index in [1.807, 2.05) is 37.4 Å². The molecule has 0 amide bonds. The third-order valence-electron chi connectivity index (χ3n) is 4.89. The topological polar surface area (TPSA) is 146 Å². The van der Waals surface area contributed by atoms with Crippen molar-refractivity contribution in [3.63, 3.8) is 0 Å². The SMILES string of the molecule is CNCc1ccccc1.CSCc1cc(N2CCOCC2)nc(-c2ccc(NO)cc2)n1.O.O.[HH]. The molecule has 0 aliphatic carbocycles. The highest BCUT2D eigenvalue weighted by Crippen LogP contribution is 2.23. The molecule has 0 atom stereocenters. The molecule has 188 valence electrons. The lowest BCUT2D eigenvalue weighted by molar-refractivity contribution is 0.122. The van der Waals surface area contributed by atoms with Crippen molar-refractivity contribution in [2.24, 2.45) is 0 Å². The molecule has 1 saturated heterocycles. The van der Waals surface area contributed by atoms with E-state index in [0.717, 1.165) is 55.7 Å². The normalized spacial score (nSPS) is 12.5. The molecule has 7 N–H and O–H groups in total. The molecule has 0 unspecified atom stereocenters. The summed E-state index contributed by atoms with van der Waals surface area (Å²) in [6.45, 7) is 4.12. The van der Waals surface area contributed by atoms with Crippen LogP contribution in [0.5, 0.6) is 0 Å². The summed E-state index contributed by atoms with van der Waals surface area (Å²) >= 11 is 1.74. The Kier molecular flexibility index (Phi) is 13.8. The molecule has 2 aromatic carbocycles. The first-order valence-electron chi connectivity index (χ1n) is 10.6. The Morgan fingerprint density at radius 1 is 1.03 bits per heavy atom. The van der Waals surface area contributed by atoms with E-state index in [0.29, 0.717) is 11.5 Å². The van der Waals surface area contributed by atoms with Gasteiger partial charge in [-0.25, -0.2) is 9.97 Å². The van der Waals surface area contributed by atoms with Gasteiger partial charge in [0.1, 0.15) is 5.82 Å². The summed E-state index contributed by atoms with van der Waals surface area (Å²) in [5.41, 5.74) is 6.06. The lowest BCUT2D eigenvalue weighted by Gasteiger charge is -2.28. The summed E-state index contributed by atoms with van der Waals surface area (Å²) in [5, 5.41) is 12.0. The minimum absolute atomic E-state index is 0. The third kappa shape index (κ3) is 8.90. The molecule has 4 rings (SSSR count). The van der Waals surface area contributed by atoms with Crippen LogP contribution >= 0.6 is 11.8 Å². The minimum atomic E-state index is 0. The van der Waals surface area contributed by atoms with Crippen molar-refractivity contribution in [1.82, 2.24) is 15.3 Å². The van der Waals surface area contributed by atoms with Crippen LogP contribution in [0.15, 0.2) is 60.7 Å². The highest BCUT2D eigenvalue weighted by Gasteiger charge is 2.15. The van der Waals surface area contributed by atoms with Crippen LogP contribution in [0.3, 0.4) is 0 Å². The number of morpholine rings is 1. The molecular weight excluding hydrogens is 454 g/mol. The molecule has 34 heavy (non-hydrogen) atoms. The van der Waals surface area contributed by atoms with E-state index in [1.165, 1.54) is 5.56 Å².